The average molecular weight is 276 g/mol. The molecule has 0 saturated heterocycles. The molecular weight excluding hydrogens is 252 g/mol. The average Bonchev–Trinajstić information content (AvgIpc) is 2.47. The van der Waals surface area contributed by atoms with Crippen LogP contribution in [-0.2, 0) is 4.74 Å². The van der Waals surface area contributed by atoms with Crippen LogP contribution in [0.15, 0.2) is 18.2 Å². The standard InChI is InChI=1S/C17H24O3/c1-4-20-17(10-6-5-7-11-17)16(18)15-9-8-14(19-3)12-13(15)2/h8-9,12H,4-7,10-11H2,1-3H3. The van der Waals surface area contributed by atoms with E-state index in [1.165, 1.54) is 6.42 Å². The van der Waals surface area contributed by atoms with Crippen LogP contribution < -0.4 is 4.74 Å². The molecule has 0 atom stereocenters. The van der Waals surface area contributed by atoms with Gasteiger partial charge in [0.2, 0.25) is 0 Å². The van der Waals surface area contributed by atoms with E-state index in [4.69, 9.17) is 9.47 Å². The first kappa shape index (κ1) is 15.0. The van der Waals surface area contributed by atoms with Crippen LogP contribution in [0.5, 0.6) is 5.75 Å². The van der Waals surface area contributed by atoms with Crippen molar-refractivity contribution in [1.29, 1.82) is 0 Å². The zero-order valence-corrected chi connectivity index (χ0v) is 12.7. The Bertz CT molecular complexity index is 468. The molecule has 1 aliphatic rings. The Labute approximate surface area is 121 Å². The van der Waals surface area contributed by atoms with Gasteiger partial charge in [-0.05, 0) is 50.5 Å². The first-order valence-corrected chi connectivity index (χ1v) is 7.46. The summed E-state index contributed by atoms with van der Waals surface area (Å²) in [6.45, 7) is 4.50. The summed E-state index contributed by atoms with van der Waals surface area (Å²) in [5.41, 5.74) is 1.12. The van der Waals surface area contributed by atoms with E-state index in [9.17, 15) is 4.79 Å². The van der Waals surface area contributed by atoms with Crippen molar-refractivity contribution in [2.45, 2.75) is 51.6 Å². The van der Waals surface area contributed by atoms with Gasteiger partial charge in [-0.25, -0.2) is 0 Å². The molecule has 1 aliphatic carbocycles. The van der Waals surface area contributed by atoms with E-state index in [2.05, 4.69) is 0 Å². The number of ketones is 1. The van der Waals surface area contributed by atoms with Crippen molar-refractivity contribution in [3.8, 4) is 5.75 Å². The Balaban J connectivity index is 2.32. The zero-order valence-electron chi connectivity index (χ0n) is 12.7. The van der Waals surface area contributed by atoms with Gasteiger partial charge in [-0.1, -0.05) is 19.3 Å². The second-order valence-electron chi connectivity index (χ2n) is 5.50. The fraction of sp³-hybridized carbons (Fsp3) is 0.588. The first-order valence-electron chi connectivity index (χ1n) is 7.46. The lowest BCUT2D eigenvalue weighted by atomic mass is 9.78. The number of benzene rings is 1. The van der Waals surface area contributed by atoms with Gasteiger partial charge in [0.25, 0.3) is 0 Å². The van der Waals surface area contributed by atoms with Gasteiger partial charge in [-0.3, -0.25) is 4.79 Å². The molecule has 0 radical (unpaired) electrons. The topological polar surface area (TPSA) is 35.5 Å². The summed E-state index contributed by atoms with van der Waals surface area (Å²) < 4.78 is 11.1. The summed E-state index contributed by atoms with van der Waals surface area (Å²) >= 11 is 0. The maximum atomic E-state index is 13.0. The maximum absolute atomic E-state index is 13.0. The van der Waals surface area contributed by atoms with Crippen LogP contribution >= 0.6 is 0 Å². The van der Waals surface area contributed by atoms with Gasteiger partial charge in [-0.2, -0.15) is 0 Å². The molecule has 0 bridgehead atoms. The minimum Gasteiger partial charge on any atom is -0.497 e. The van der Waals surface area contributed by atoms with Crippen molar-refractivity contribution < 1.29 is 14.3 Å². The molecule has 0 spiro atoms. The van der Waals surface area contributed by atoms with E-state index < -0.39 is 5.60 Å². The Morgan fingerprint density at radius 1 is 1.25 bits per heavy atom. The van der Waals surface area contributed by atoms with E-state index in [1.807, 2.05) is 32.0 Å². The highest BCUT2D eigenvalue weighted by Gasteiger charge is 2.41. The summed E-state index contributed by atoms with van der Waals surface area (Å²) in [6, 6.07) is 5.63. The number of hydrogen-bond acceptors (Lipinski definition) is 3. The Morgan fingerprint density at radius 2 is 1.95 bits per heavy atom. The summed E-state index contributed by atoms with van der Waals surface area (Å²) in [5.74, 6) is 0.923. The number of aryl methyl sites for hydroxylation is 1. The van der Waals surface area contributed by atoms with Crippen LogP contribution in [0.25, 0.3) is 0 Å². The molecule has 3 nitrogen and oxygen atoms in total. The second-order valence-corrected chi connectivity index (χ2v) is 5.50. The highest BCUT2D eigenvalue weighted by Crippen LogP contribution is 2.35. The lowest BCUT2D eigenvalue weighted by molar-refractivity contribution is -0.0411. The van der Waals surface area contributed by atoms with Gasteiger partial charge in [-0.15, -0.1) is 0 Å². The number of methoxy groups -OCH3 is 1. The van der Waals surface area contributed by atoms with Crippen molar-refractivity contribution in [2.75, 3.05) is 13.7 Å². The molecule has 0 aromatic heterocycles. The molecule has 0 heterocycles. The third-order valence-corrected chi connectivity index (χ3v) is 4.17. The molecule has 0 unspecified atom stereocenters. The second kappa shape index (κ2) is 6.40. The lowest BCUT2D eigenvalue weighted by Gasteiger charge is -2.36. The Kier molecular flexibility index (Phi) is 4.81. The van der Waals surface area contributed by atoms with Crippen molar-refractivity contribution in [3.05, 3.63) is 29.3 Å². The number of Topliss-reactive ketones (excluding diaryl/α,β-unsaturated/α-hetero) is 1. The molecule has 1 fully saturated rings. The van der Waals surface area contributed by atoms with Crippen molar-refractivity contribution in [2.24, 2.45) is 0 Å². The van der Waals surface area contributed by atoms with E-state index in [0.717, 1.165) is 42.6 Å². The Morgan fingerprint density at radius 3 is 2.50 bits per heavy atom. The summed E-state index contributed by atoms with van der Waals surface area (Å²) in [6.07, 6.45) is 5.02. The predicted octanol–water partition coefficient (Wildman–Crippen LogP) is 3.93. The number of rotatable bonds is 5. The van der Waals surface area contributed by atoms with Crippen molar-refractivity contribution in [1.82, 2.24) is 0 Å². The van der Waals surface area contributed by atoms with Gasteiger partial charge in [0.15, 0.2) is 5.78 Å². The SMILES string of the molecule is CCOC1(C(=O)c2ccc(OC)cc2C)CCCCC1. The third kappa shape index (κ3) is 2.88. The molecule has 0 amide bonds. The molecule has 1 aromatic rings. The van der Waals surface area contributed by atoms with E-state index in [0.29, 0.717) is 6.61 Å². The number of carbonyl (C=O) groups excluding carboxylic acids is 1. The molecule has 20 heavy (non-hydrogen) atoms. The molecule has 0 N–H and O–H groups in total. The van der Waals surface area contributed by atoms with E-state index in [-0.39, 0.29) is 5.78 Å². The minimum absolute atomic E-state index is 0.138. The molecule has 1 saturated carbocycles. The molecular formula is C17H24O3. The number of carbonyl (C=O) groups is 1. The van der Waals surface area contributed by atoms with Crippen LogP contribution in [0, 0.1) is 6.92 Å². The predicted molar refractivity (Wildman–Crippen MR) is 79.5 cm³/mol. The van der Waals surface area contributed by atoms with Gasteiger partial charge in [0, 0.05) is 12.2 Å². The van der Waals surface area contributed by atoms with Gasteiger partial charge in [0.05, 0.1) is 7.11 Å². The number of hydrogen-bond donors (Lipinski definition) is 0. The van der Waals surface area contributed by atoms with Crippen LogP contribution in [0.1, 0.15) is 54.9 Å². The first-order chi connectivity index (χ1) is 9.63. The normalized spacial score (nSPS) is 17.8. The van der Waals surface area contributed by atoms with Crippen molar-refractivity contribution >= 4 is 5.78 Å². The molecule has 1 aromatic carbocycles. The lowest BCUT2D eigenvalue weighted by Crippen LogP contribution is -2.43. The van der Waals surface area contributed by atoms with Gasteiger partial charge < -0.3 is 9.47 Å². The van der Waals surface area contributed by atoms with Crippen LogP contribution in [0.2, 0.25) is 0 Å². The Hall–Kier alpha value is -1.35. The zero-order chi connectivity index (χ0) is 14.6. The van der Waals surface area contributed by atoms with Crippen LogP contribution in [-0.4, -0.2) is 25.1 Å². The monoisotopic (exact) mass is 276 g/mol. The van der Waals surface area contributed by atoms with Gasteiger partial charge in [0.1, 0.15) is 11.4 Å². The largest absolute Gasteiger partial charge is 0.497 e. The smallest absolute Gasteiger partial charge is 0.194 e. The highest BCUT2D eigenvalue weighted by atomic mass is 16.5. The maximum Gasteiger partial charge on any atom is 0.194 e. The fourth-order valence-corrected chi connectivity index (χ4v) is 3.10. The minimum atomic E-state index is -0.605. The molecule has 110 valence electrons. The third-order valence-electron chi connectivity index (χ3n) is 4.17. The summed E-state index contributed by atoms with van der Waals surface area (Å²) in [4.78, 5) is 13.0. The van der Waals surface area contributed by atoms with E-state index >= 15 is 0 Å². The molecule has 3 heteroatoms. The molecule has 2 rings (SSSR count). The molecule has 0 aliphatic heterocycles. The van der Waals surface area contributed by atoms with Crippen LogP contribution in [0.4, 0.5) is 0 Å². The number of ether oxygens (including phenoxy) is 2. The fourth-order valence-electron chi connectivity index (χ4n) is 3.10. The summed E-state index contributed by atoms with van der Waals surface area (Å²) in [7, 11) is 1.64. The van der Waals surface area contributed by atoms with Crippen molar-refractivity contribution in [3.63, 3.8) is 0 Å². The van der Waals surface area contributed by atoms with Gasteiger partial charge >= 0.3 is 0 Å². The quantitative estimate of drug-likeness (QED) is 0.764. The summed E-state index contributed by atoms with van der Waals surface area (Å²) in [5, 5.41) is 0. The van der Waals surface area contributed by atoms with Crippen LogP contribution in [0.3, 0.4) is 0 Å². The van der Waals surface area contributed by atoms with E-state index in [1.54, 1.807) is 7.11 Å². The highest BCUT2D eigenvalue weighted by molar-refractivity contribution is 6.03.